The largest absolute Gasteiger partial charge is 0.462 e. The fraction of sp³-hybridized carbons (Fsp3) is 0.820. The molecular formula is C61H110O6. The van der Waals surface area contributed by atoms with Gasteiger partial charge in [-0.25, -0.2) is 0 Å². The Morgan fingerprint density at radius 1 is 0.299 bits per heavy atom. The predicted molar refractivity (Wildman–Crippen MR) is 289 cm³/mol. The molecule has 0 amide bonds. The number of carbonyl (C=O) groups is 3. The lowest BCUT2D eigenvalue weighted by Crippen LogP contribution is -2.30. The minimum absolute atomic E-state index is 0.0812. The summed E-state index contributed by atoms with van der Waals surface area (Å²) in [5.74, 6) is -0.896. The zero-order chi connectivity index (χ0) is 48.6. The molecule has 0 aliphatic carbocycles. The van der Waals surface area contributed by atoms with E-state index in [0.717, 1.165) is 83.5 Å². The van der Waals surface area contributed by atoms with Crippen molar-refractivity contribution in [1.29, 1.82) is 0 Å². The first-order valence-electron chi connectivity index (χ1n) is 29.2. The minimum Gasteiger partial charge on any atom is -0.462 e. The second-order valence-electron chi connectivity index (χ2n) is 19.6. The lowest BCUT2D eigenvalue weighted by molar-refractivity contribution is -0.167. The smallest absolute Gasteiger partial charge is 0.306 e. The Morgan fingerprint density at radius 3 is 0.896 bits per heavy atom. The van der Waals surface area contributed by atoms with Gasteiger partial charge in [0, 0.05) is 19.3 Å². The highest BCUT2D eigenvalue weighted by atomic mass is 16.6. The third-order valence-electron chi connectivity index (χ3n) is 12.9. The van der Waals surface area contributed by atoms with Crippen LogP contribution in [-0.4, -0.2) is 37.2 Å². The van der Waals surface area contributed by atoms with E-state index in [4.69, 9.17) is 14.2 Å². The molecule has 0 saturated carbocycles. The van der Waals surface area contributed by atoms with Crippen LogP contribution in [0.25, 0.3) is 0 Å². The molecule has 0 heterocycles. The monoisotopic (exact) mass is 939 g/mol. The first-order valence-corrected chi connectivity index (χ1v) is 29.2. The van der Waals surface area contributed by atoms with E-state index >= 15 is 0 Å². The fourth-order valence-corrected chi connectivity index (χ4v) is 8.44. The Balaban J connectivity index is 4.36. The topological polar surface area (TPSA) is 78.9 Å². The zero-order valence-electron chi connectivity index (χ0n) is 44.7. The zero-order valence-corrected chi connectivity index (χ0v) is 44.7. The van der Waals surface area contributed by atoms with Crippen molar-refractivity contribution in [2.45, 2.75) is 309 Å². The van der Waals surface area contributed by atoms with E-state index in [9.17, 15) is 14.4 Å². The van der Waals surface area contributed by atoms with Gasteiger partial charge in [-0.2, -0.15) is 0 Å². The summed E-state index contributed by atoms with van der Waals surface area (Å²) < 4.78 is 16.8. The van der Waals surface area contributed by atoms with Crippen LogP contribution < -0.4 is 0 Å². The molecule has 0 bridgehead atoms. The van der Waals surface area contributed by atoms with Crippen LogP contribution in [0.3, 0.4) is 0 Å². The molecule has 1 atom stereocenters. The van der Waals surface area contributed by atoms with Crippen molar-refractivity contribution >= 4 is 17.9 Å². The predicted octanol–water partition coefficient (Wildman–Crippen LogP) is 19.4. The van der Waals surface area contributed by atoms with Gasteiger partial charge >= 0.3 is 17.9 Å². The fourth-order valence-electron chi connectivity index (χ4n) is 8.44. The molecule has 6 heteroatoms. The highest BCUT2D eigenvalue weighted by Crippen LogP contribution is 2.16. The molecular weight excluding hydrogens is 829 g/mol. The molecule has 6 nitrogen and oxygen atoms in total. The second-order valence-corrected chi connectivity index (χ2v) is 19.6. The van der Waals surface area contributed by atoms with E-state index in [0.29, 0.717) is 19.3 Å². The highest BCUT2D eigenvalue weighted by molar-refractivity contribution is 5.71. The maximum atomic E-state index is 12.8. The van der Waals surface area contributed by atoms with Gasteiger partial charge in [-0.1, -0.05) is 262 Å². The summed E-state index contributed by atoms with van der Waals surface area (Å²) in [5.41, 5.74) is 0. The Hall–Kier alpha value is -2.63. The Kier molecular flexibility index (Phi) is 53.8. The Bertz CT molecular complexity index is 1170. The number of esters is 3. The van der Waals surface area contributed by atoms with Gasteiger partial charge < -0.3 is 14.2 Å². The van der Waals surface area contributed by atoms with Crippen molar-refractivity contribution in [2.75, 3.05) is 13.2 Å². The van der Waals surface area contributed by atoms with Crippen LogP contribution in [0.1, 0.15) is 303 Å². The molecule has 0 N–H and O–H groups in total. The average molecular weight is 940 g/mol. The molecule has 390 valence electrons. The van der Waals surface area contributed by atoms with Crippen molar-refractivity contribution in [3.63, 3.8) is 0 Å². The molecule has 0 aliphatic heterocycles. The van der Waals surface area contributed by atoms with Gasteiger partial charge in [-0.15, -0.1) is 0 Å². The summed E-state index contributed by atoms with van der Waals surface area (Å²) in [7, 11) is 0. The second kappa shape index (κ2) is 56.0. The summed E-state index contributed by atoms with van der Waals surface area (Å²) in [6.07, 6.45) is 68.1. The Morgan fingerprint density at radius 2 is 0.552 bits per heavy atom. The molecule has 0 aromatic carbocycles. The lowest BCUT2D eigenvalue weighted by Gasteiger charge is -2.18. The van der Waals surface area contributed by atoms with Crippen LogP contribution in [0.2, 0.25) is 0 Å². The van der Waals surface area contributed by atoms with Crippen LogP contribution in [0.5, 0.6) is 0 Å². The average Bonchev–Trinajstić information content (AvgIpc) is 3.33. The van der Waals surface area contributed by atoms with E-state index in [2.05, 4.69) is 69.4 Å². The molecule has 0 saturated heterocycles. The summed E-state index contributed by atoms with van der Waals surface area (Å²) >= 11 is 0. The number of unbranched alkanes of at least 4 members (excludes halogenated alkanes) is 36. The van der Waals surface area contributed by atoms with Crippen molar-refractivity contribution in [2.24, 2.45) is 0 Å². The molecule has 0 rings (SSSR count). The minimum atomic E-state index is -0.785. The van der Waals surface area contributed by atoms with E-state index in [1.165, 1.54) is 180 Å². The molecule has 0 aliphatic rings. The van der Waals surface area contributed by atoms with Gasteiger partial charge in [0.1, 0.15) is 13.2 Å². The van der Waals surface area contributed by atoms with Gasteiger partial charge in [0.25, 0.3) is 0 Å². The number of hydrogen-bond donors (Lipinski definition) is 0. The van der Waals surface area contributed by atoms with E-state index < -0.39 is 6.10 Å². The number of hydrogen-bond acceptors (Lipinski definition) is 6. The third kappa shape index (κ3) is 54.2. The number of carbonyl (C=O) groups excluding carboxylic acids is 3. The van der Waals surface area contributed by atoms with Gasteiger partial charge in [0.05, 0.1) is 0 Å². The molecule has 0 radical (unpaired) electrons. The summed E-state index contributed by atoms with van der Waals surface area (Å²) in [5, 5.41) is 0. The summed E-state index contributed by atoms with van der Waals surface area (Å²) in [6.45, 7) is 6.61. The van der Waals surface area contributed by atoms with Crippen LogP contribution in [0.4, 0.5) is 0 Å². The molecule has 0 spiro atoms. The molecule has 0 aromatic heterocycles. The summed E-state index contributed by atoms with van der Waals surface area (Å²) in [6, 6.07) is 0. The SMILES string of the molecule is CCCCC/C=C\CCCCCCCC(=O)OCC(COC(=O)CCCCCCCCCCCCCCCCCCCCC)OC(=O)CCCCCCC\C=C/C=C\C=C/CCCCCCC. The van der Waals surface area contributed by atoms with Gasteiger partial charge in [-0.05, 0) is 70.6 Å². The molecule has 0 aromatic rings. The van der Waals surface area contributed by atoms with Crippen molar-refractivity contribution in [3.05, 3.63) is 48.6 Å². The quantitative estimate of drug-likeness (QED) is 0.0199. The third-order valence-corrected chi connectivity index (χ3v) is 12.9. The molecule has 0 fully saturated rings. The first kappa shape index (κ1) is 64.4. The first-order chi connectivity index (χ1) is 33.0. The van der Waals surface area contributed by atoms with Crippen LogP contribution in [-0.2, 0) is 28.6 Å². The normalized spacial score (nSPS) is 12.3. The maximum Gasteiger partial charge on any atom is 0.306 e. The van der Waals surface area contributed by atoms with Gasteiger partial charge in [0.15, 0.2) is 6.10 Å². The maximum absolute atomic E-state index is 12.8. The molecule has 1 unspecified atom stereocenters. The highest BCUT2D eigenvalue weighted by Gasteiger charge is 2.19. The van der Waals surface area contributed by atoms with Crippen LogP contribution in [0.15, 0.2) is 48.6 Å². The van der Waals surface area contributed by atoms with Crippen molar-refractivity contribution in [3.8, 4) is 0 Å². The van der Waals surface area contributed by atoms with E-state index in [-0.39, 0.29) is 31.1 Å². The van der Waals surface area contributed by atoms with Crippen LogP contribution >= 0.6 is 0 Å². The number of ether oxygens (including phenoxy) is 3. The lowest BCUT2D eigenvalue weighted by atomic mass is 10.0. The van der Waals surface area contributed by atoms with Gasteiger partial charge in [0.2, 0.25) is 0 Å². The Labute approximate surface area is 416 Å². The van der Waals surface area contributed by atoms with Crippen LogP contribution in [0, 0.1) is 0 Å². The number of rotatable bonds is 53. The van der Waals surface area contributed by atoms with Crippen molar-refractivity contribution in [1.82, 2.24) is 0 Å². The van der Waals surface area contributed by atoms with Gasteiger partial charge in [-0.3, -0.25) is 14.4 Å². The van der Waals surface area contributed by atoms with E-state index in [1.54, 1.807) is 0 Å². The van der Waals surface area contributed by atoms with Crippen molar-refractivity contribution < 1.29 is 28.6 Å². The van der Waals surface area contributed by atoms with E-state index in [1.807, 2.05) is 0 Å². The molecule has 67 heavy (non-hydrogen) atoms. The summed E-state index contributed by atoms with van der Waals surface area (Å²) in [4.78, 5) is 38.1. The number of allylic oxidation sites excluding steroid dienone is 8. The standard InChI is InChI=1S/C61H110O6/c1-4-7-10-13-16-19-22-25-27-29-31-33-34-36-39-42-45-48-51-54-60(63)66-57-58(56-65-59(62)53-50-47-44-41-38-24-21-18-15-12-9-6-3)67-61(64)55-52-49-46-43-40-37-35-32-30-28-26-23-20-17-14-11-8-5-2/h18,21,23,26,28,30,32,35,58H,4-17,19-20,22,24-25,27,29,31,33-34,36-57H2,1-3H3/b21-18-,26-23-,30-28-,35-32-.